The summed E-state index contributed by atoms with van der Waals surface area (Å²) in [4.78, 5) is 27.0. The highest BCUT2D eigenvalue weighted by Crippen LogP contribution is 2.27. The molecule has 0 aliphatic carbocycles. The highest BCUT2D eigenvalue weighted by atomic mass is 32.2. The largest absolute Gasteiger partial charge is 0.326 e. The third-order valence-electron chi connectivity index (χ3n) is 5.37. The van der Waals surface area contributed by atoms with Crippen LogP contribution in [0.2, 0.25) is 0 Å². The van der Waals surface area contributed by atoms with Crippen molar-refractivity contribution in [1.29, 1.82) is 0 Å². The third-order valence-corrected chi connectivity index (χ3v) is 7.32. The summed E-state index contributed by atoms with van der Waals surface area (Å²) >= 11 is 0. The van der Waals surface area contributed by atoms with Crippen molar-refractivity contribution in [2.45, 2.75) is 31.6 Å². The number of hydrogen-bond acceptors (Lipinski definition) is 4. The fraction of sp³-hybridized carbons (Fsp3) is 0.364. The molecule has 1 aliphatic heterocycles. The maximum atomic E-state index is 12.8. The average Bonchev–Trinajstić information content (AvgIpc) is 3.11. The van der Waals surface area contributed by atoms with Gasteiger partial charge < -0.3 is 10.2 Å². The lowest BCUT2D eigenvalue weighted by molar-refractivity contribution is -0.122. The lowest BCUT2D eigenvalue weighted by Crippen LogP contribution is -2.28. The molecule has 0 radical (unpaired) electrons. The summed E-state index contributed by atoms with van der Waals surface area (Å²) in [5.41, 5.74) is 2.95. The van der Waals surface area contributed by atoms with Crippen LogP contribution in [0.3, 0.4) is 0 Å². The van der Waals surface area contributed by atoms with Crippen molar-refractivity contribution in [3.8, 4) is 0 Å². The molecule has 0 unspecified atom stereocenters. The molecule has 1 aliphatic rings. The minimum absolute atomic E-state index is 0.0980. The Kier molecular flexibility index (Phi) is 6.28. The molecule has 2 aromatic rings. The van der Waals surface area contributed by atoms with Crippen molar-refractivity contribution in [1.82, 2.24) is 4.31 Å². The van der Waals surface area contributed by atoms with Crippen LogP contribution in [0.4, 0.5) is 11.4 Å². The number of nitrogens with one attached hydrogen (secondary N) is 1. The van der Waals surface area contributed by atoms with Crippen LogP contribution in [0.25, 0.3) is 0 Å². The summed E-state index contributed by atoms with van der Waals surface area (Å²) in [6.45, 7) is 4.07. The maximum absolute atomic E-state index is 12.8. The van der Waals surface area contributed by atoms with Crippen molar-refractivity contribution < 1.29 is 18.0 Å². The first-order valence-electron chi connectivity index (χ1n) is 9.86. The van der Waals surface area contributed by atoms with Gasteiger partial charge in [-0.2, -0.15) is 0 Å². The third kappa shape index (κ3) is 4.39. The van der Waals surface area contributed by atoms with E-state index in [9.17, 15) is 18.0 Å². The molecule has 1 heterocycles. The maximum Gasteiger partial charge on any atom is 0.242 e. The second-order valence-corrected chi connectivity index (χ2v) is 9.80. The lowest BCUT2D eigenvalue weighted by Gasteiger charge is -2.18. The smallest absolute Gasteiger partial charge is 0.242 e. The zero-order valence-electron chi connectivity index (χ0n) is 17.7. The van der Waals surface area contributed by atoms with Crippen molar-refractivity contribution in [3.63, 3.8) is 0 Å². The molecule has 2 aromatic carbocycles. The van der Waals surface area contributed by atoms with E-state index in [0.29, 0.717) is 17.8 Å². The molecule has 0 spiro atoms. The van der Waals surface area contributed by atoms with Gasteiger partial charge in [0.05, 0.1) is 10.8 Å². The number of rotatable bonds is 6. The molecule has 1 saturated heterocycles. The fourth-order valence-corrected chi connectivity index (χ4v) is 4.59. The molecule has 7 nitrogen and oxygen atoms in total. The summed E-state index contributed by atoms with van der Waals surface area (Å²) in [6.07, 6.45) is 1.04. The van der Waals surface area contributed by atoms with Crippen molar-refractivity contribution >= 4 is 33.2 Å². The second kappa shape index (κ2) is 8.57. The molecular formula is C22H27N3O4S. The highest BCUT2D eigenvalue weighted by molar-refractivity contribution is 7.89. The lowest BCUT2D eigenvalue weighted by atomic mass is 10.1. The van der Waals surface area contributed by atoms with E-state index in [2.05, 4.69) is 12.2 Å². The van der Waals surface area contributed by atoms with E-state index in [1.54, 1.807) is 24.0 Å². The topological polar surface area (TPSA) is 86.8 Å². The van der Waals surface area contributed by atoms with E-state index >= 15 is 0 Å². The van der Waals surface area contributed by atoms with Crippen LogP contribution in [0.15, 0.2) is 47.4 Å². The monoisotopic (exact) mass is 429 g/mol. The normalized spacial score (nSPS) is 16.9. The molecule has 1 atom stereocenters. The predicted molar refractivity (Wildman–Crippen MR) is 117 cm³/mol. The predicted octanol–water partition coefficient (Wildman–Crippen LogP) is 2.80. The van der Waals surface area contributed by atoms with Crippen LogP contribution in [-0.4, -0.2) is 45.2 Å². The van der Waals surface area contributed by atoms with Gasteiger partial charge in [0.1, 0.15) is 0 Å². The number of aryl methyl sites for hydroxylation is 2. The van der Waals surface area contributed by atoms with Gasteiger partial charge in [0.15, 0.2) is 0 Å². The van der Waals surface area contributed by atoms with Crippen LogP contribution < -0.4 is 10.2 Å². The molecule has 2 amide bonds. The molecule has 30 heavy (non-hydrogen) atoms. The van der Waals surface area contributed by atoms with E-state index in [1.807, 2.05) is 24.3 Å². The highest BCUT2D eigenvalue weighted by Gasteiger charge is 2.35. The number of amides is 2. The molecule has 3 rings (SSSR count). The van der Waals surface area contributed by atoms with E-state index in [0.717, 1.165) is 16.4 Å². The van der Waals surface area contributed by atoms with Crippen LogP contribution >= 0.6 is 0 Å². The number of benzene rings is 2. The number of hydrogen-bond donors (Lipinski definition) is 1. The molecule has 0 saturated carbocycles. The van der Waals surface area contributed by atoms with Crippen LogP contribution in [0.5, 0.6) is 0 Å². The van der Waals surface area contributed by atoms with Gasteiger partial charge in [0.2, 0.25) is 21.8 Å². The molecule has 1 fully saturated rings. The van der Waals surface area contributed by atoms with Crippen LogP contribution in [0, 0.1) is 12.8 Å². The van der Waals surface area contributed by atoms with Gasteiger partial charge in [-0.15, -0.1) is 0 Å². The Morgan fingerprint density at radius 3 is 2.43 bits per heavy atom. The Hall–Kier alpha value is -2.71. The van der Waals surface area contributed by atoms with Crippen LogP contribution in [-0.2, 0) is 26.0 Å². The summed E-state index contributed by atoms with van der Waals surface area (Å²) in [5, 5.41) is 2.77. The Morgan fingerprint density at radius 1 is 1.17 bits per heavy atom. The summed E-state index contributed by atoms with van der Waals surface area (Å²) in [6, 6.07) is 12.5. The first kappa shape index (κ1) is 22.0. The molecule has 0 bridgehead atoms. The second-order valence-electron chi connectivity index (χ2n) is 7.68. The first-order chi connectivity index (χ1) is 14.1. The van der Waals surface area contributed by atoms with Crippen molar-refractivity contribution in [2.75, 3.05) is 30.9 Å². The van der Waals surface area contributed by atoms with E-state index in [4.69, 9.17) is 0 Å². The molecule has 8 heteroatoms. The van der Waals surface area contributed by atoms with Crippen LogP contribution in [0.1, 0.15) is 24.5 Å². The summed E-state index contributed by atoms with van der Waals surface area (Å²) in [5.74, 6) is -0.897. The number of carbonyl (C=O) groups excluding carboxylic acids is 2. The standard InChI is InChI=1S/C22H27N3O4S/c1-5-16-7-10-19(11-8-16)25-14-17(12-21(25)26)22(27)23-18-9-6-15(2)20(13-18)30(28,29)24(3)4/h6-11,13,17H,5,12,14H2,1-4H3,(H,23,27)/t17-/m1/s1. The molecule has 160 valence electrons. The number of nitrogens with zero attached hydrogens (tertiary/aromatic N) is 2. The molecular weight excluding hydrogens is 402 g/mol. The van der Waals surface area contributed by atoms with Gasteiger partial charge in [-0.25, -0.2) is 12.7 Å². The van der Waals surface area contributed by atoms with E-state index in [-0.39, 0.29) is 23.1 Å². The fourth-order valence-electron chi connectivity index (χ4n) is 3.44. The zero-order chi connectivity index (χ0) is 22.1. The Bertz CT molecular complexity index is 1060. The average molecular weight is 430 g/mol. The van der Waals surface area contributed by atoms with Gasteiger partial charge >= 0.3 is 0 Å². The van der Waals surface area contributed by atoms with Crippen molar-refractivity contribution in [2.24, 2.45) is 5.92 Å². The first-order valence-corrected chi connectivity index (χ1v) is 11.3. The zero-order valence-corrected chi connectivity index (χ0v) is 18.5. The number of sulfonamides is 1. The van der Waals surface area contributed by atoms with E-state index < -0.39 is 15.9 Å². The Labute approximate surface area is 177 Å². The quantitative estimate of drug-likeness (QED) is 0.765. The summed E-state index contributed by atoms with van der Waals surface area (Å²) < 4.78 is 26.1. The minimum atomic E-state index is -3.62. The molecule has 1 N–H and O–H groups in total. The van der Waals surface area contributed by atoms with Gasteiger partial charge in [0.25, 0.3) is 0 Å². The SMILES string of the molecule is CCc1ccc(N2C[C@H](C(=O)Nc3ccc(C)c(S(=O)(=O)N(C)C)c3)CC2=O)cc1. The Morgan fingerprint density at radius 2 is 1.83 bits per heavy atom. The number of anilines is 2. The summed E-state index contributed by atoms with van der Waals surface area (Å²) in [7, 11) is -0.696. The van der Waals surface area contributed by atoms with Gasteiger partial charge in [-0.05, 0) is 48.7 Å². The van der Waals surface area contributed by atoms with Gasteiger partial charge in [-0.3, -0.25) is 9.59 Å². The van der Waals surface area contributed by atoms with Gasteiger partial charge in [-0.1, -0.05) is 25.1 Å². The van der Waals surface area contributed by atoms with Gasteiger partial charge in [0, 0.05) is 38.4 Å². The van der Waals surface area contributed by atoms with E-state index in [1.165, 1.54) is 25.7 Å². The minimum Gasteiger partial charge on any atom is -0.326 e. The number of carbonyl (C=O) groups is 2. The Balaban J connectivity index is 1.74. The molecule has 0 aromatic heterocycles. The van der Waals surface area contributed by atoms with Crippen molar-refractivity contribution in [3.05, 3.63) is 53.6 Å².